The minimum absolute atomic E-state index is 0.381. The Morgan fingerprint density at radius 2 is 2.27 bits per heavy atom. The van der Waals surface area contributed by atoms with E-state index in [2.05, 4.69) is 15.9 Å². The molecule has 0 aliphatic rings. The maximum Gasteiger partial charge on any atom is 0.306 e. The molecule has 78 valence electrons. The van der Waals surface area contributed by atoms with Gasteiger partial charge in [-0.1, -0.05) is 15.9 Å². The first-order chi connectivity index (χ1) is 7.04. The molecule has 0 heterocycles. The van der Waals surface area contributed by atoms with E-state index < -0.39 is 12.1 Å². The highest BCUT2D eigenvalue weighted by Gasteiger charge is 2.15. The molecule has 1 atom stereocenters. The summed E-state index contributed by atoms with van der Waals surface area (Å²) in [4.78, 5) is 10.4. The minimum Gasteiger partial charge on any atom is -0.481 e. The molecule has 0 bridgehead atoms. The van der Waals surface area contributed by atoms with Crippen LogP contribution in [0.2, 0.25) is 0 Å². The van der Waals surface area contributed by atoms with Gasteiger partial charge >= 0.3 is 5.97 Å². The van der Waals surface area contributed by atoms with Gasteiger partial charge in [-0.2, -0.15) is 5.26 Å². The standard InChI is InChI=1S/C10H8BrNO3/c11-8-2-1-6(5-12)3-7(8)9(13)4-10(14)15/h1-3,9,13H,4H2,(H,14,15). The van der Waals surface area contributed by atoms with Crippen molar-refractivity contribution in [3.05, 3.63) is 33.8 Å². The van der Waals surface area contributed by atoms with Crippen molar-refractivity contribution in [3.63, 3.8) is 0 Å². The Labute approximate surface area is 94.9 Å². The number of hydrogen-bond donors (Lipinski definition) is 2. The number of aliphatic hydroxyl groups is 1. The molecule has 0 fully saturated rings. The average Bonchev–Trinajstić information content (AvgIpc) is 2.17. The molecular weight excluding hydrogens is 262 g/mol. The van der Waals surface area contributed by atoms with Gasteiger partial charge in [-0.05, 0) is 23.8 Å². The first-order valence-corrected chi connectivity index (χ1v) is 4.93. The van der Waals surface area contributed by atoms with Crippen LogP contribution in [0.25, 0.3) is 0 Å². The third kappa shape index (κ3) is 3.05. The van der Waals surface area contributed by atoms with Crippen molar-refractivity contribution in [1.29, 1.82) is 5.26 Å². The lowest BCUT2D eigenvalue weighted by molar-refractivity contribution is -0.139. The van der Waals surface area contributed by atoms with E-state index in [0.29, 0.717) is 15.6 Å². The predicted molar refractivity (Wildman–Crippen MR) is 56.1 cm³/mol. The van der Waals surface area contributed by atoms with E-state index in [0.717, 1.165) is 0 Å². The molecular formula is C10H8BrNO3. The molecule has 0 saturated heterocycles. The lowest BCUT2D eigenvalue weighted by Crippen LogP contribution is -2.06. The van der Waals surface area contributed by atoms with Crippen molar-refractivity contribution < 1.29 is 15.0 Å². The summed E-state index contributed by atoms with van der Waals surface area (Å²) in [5.41, 5.74) is 0.800. The van der Waals surface area contributed by atoms with Gasteiger partial charge in [0.2, 0.25) is 0 Å². The molecule has 0 aliphatic heterocycles. The molecule has 15 heavy (non-hydrogen) atoms. The normalized spacial score (nSPS) is 11.8. The number of rotatable bonds is 3. The molecule has 0 spiro atoms. The van der Waals surface area contributed by atoms with Crippen LogP contribution in [0.4, 0.5) is 0 Å². The number of nitriles is 1. The van der Waals surface area contributed by atoms with Crippen LogP contribution in [0.15, 0.2) is 22.7 Å². The summed E-state index contributed by atoms with van der Waals surface area (Å²) in [6.45, 7) is 0. The van der Waals surface area contributed by atoms with Crippen LogP contribution in [0.1, 0.15) is 23.7 Å². The van der Waals surface area contributed by atoms with Gasteiger partial charge in [0.1, 0.15) is 0 Å². The van der Waals surface area contributed by atoms with E-state index in [9.17, 15) is 9.90 Å². The average molecular weight is 270 g/mol. The van der Waals surface area contributed by atoms with Crippen molar-refractivity contribution >= 4 is 21.9 Å². The van der Waals surface area contributed by atoms with E-state index in [-0.39, 0.29) is 6.42 Å². The number of carbonyl (C=O) groups is 1. The predicted octanol–water partition coefficient (Wildman–Crippen LogP) is 1.83. The summed E-state index contributed by atoms with van der Waals surface area (Å²) in [6.07, 6.45) is -1.49. The smallest absolute Gasteiger partial charge is 0.306 e. The van der Waals surface area contributed by atoms with Crippen molar-refractivity contribution in [1.82, 2.24) is 0 Å². The number of aliphatic carboxylic acids is 1. The Hall–Kier alpha value is -1.38. The zero-order valence-electron chi connectivity index (χ0n) is 7.64. The molecule has 2 N–H and O–H groups in total. The zero-order valence-corrected chi connectivity index (χ0v) is 9.23. The van der Waals surface area contributed by atoms with Gasteiger partial charge in [0.25, 0.3) is 0 Å². The maximum absolute atomic E-state index is 10.4. The number of halogens is 1. The highest BCUT2D eigenvalue weighted by molar-refractivity contribution is 9.10. The molecule has 1 unspecified atom stereocenters. The molecule has 1 rings (SSSR count). The second-order valence-corrected chi connectivity index (χ2v) is 3.82. The summed E-state index contributed by atoms with van der Waals surface area (Å²) in [7, 11) is 0. The van der Waals surface area contributed by atoms with Crippen LogP contribution in [0.5, 0.6) is 0 Å². The first-order valence-electron chi connectivity index (χ1n) is 4.14. The summed E-state index contributed by atoms with van der Waals surface area (Å²) in [5, 5.41) is 26.7. The number of aliphatic hydroxyl groups excluding tert-OH is 1. The largest absolute Gasteiger partial charge is 0.481 e. The van der Waals surface area contributed by atoms with Gasteiger partial charge in [-0.3, -0.25) is 4.79 Å². The quantitative estimate of drug-likeness (QED) is 0.877. The van der Waals surface area contributed by atoms with Crippen molar-refractivity contribution in [2.75, 3.05) is 0 Å². The fraction of sp³-hybridized carbons (Fsp3) is 0.200. The van der Waals surface area contributed by atoms with Crippen molar-refractivity contribution in [3.8, 4) is 6.07 Å². The Bertz CT molecular complexity index is 425. The van der Waals surface area contributed by atoms with Crippen LogP contribution >= 0.6 is 15.9 Å². The highest BCUT2D eigenvalue weighted by Crippen LogP contribution is 2.26. The number of carboxylic acids is 1. The lowest BCUT2D eigenvalue weighted by Gasteiger charge is -2.10. The van der Waals surface area contributed by atoms with E-state index in [1.165, 1.54) is 6.07 Å². The summed E-state index contributed by atoms with van der Waals surface area (Å²) in [6, 6.07) is 6.59. The van der Waals surface area contributed by atoms with Crippen LogP contribution < -0.4 is 0 Å². The molecule has 5 heteroatoms. The third-order valence-corrected chi connectivity index (χ3v) is 2.57. The van der Waals surface area contributed by atoms with E-state index in [4.69, 9.17) is 10.4 Å². The van der Waals surface area contributed by atoms with E-state index >= 15 is 0 Å². The number of carboxylic acid groups (broad SMARTS) is 1. The van der Waals surface area contributed by atoms with Crippen LogP contribution in [0.3, 0.4) is 0 Å². The SMILES string of the molecule is N#Cc1ccc(Br)c(C(O)CC(=O)O)c1. The number of benzene rings is 1. The van der Waals surface area contributed by atoms with Gasteiger partial charge in [0.15, 0.2) is 0 Å². The second kappa shape index (κ2) is 4.91. The first kappa shape index (κ1) is 11.7. The van der Waals surface area contributed by atoms with Gasteiger partial charge in [-0.15, -0.1) is 0 Å². The van der Waals surface area contributed by atoms with Gasteiger partial charge in [0.05, 0.1) is 24.2 Å². The number of hydrogen-bond acceptors (Lipinski definition) is 3. The van der Waals surface area contributed by atoms with Gasteiger partial charge in [0, 0.05) is 4.47 Å². The highest BCUT2D eigenvalue weighted by atomic mass is 79.9. The number of nitrogens with zero attached hydrogens (tertiary/aromatic N) is 1. The maximum atomic E-state index is 10.4. The molecule has 0 saturated carbocycles. The van der Waals surface area contributed by atoms with Gasteiger partial charge < -0.3 is 10.2 Å². The van der Waals surface area contributed by atoms with Crippen molar-refractivity contribution in [2.45, 2.75) is 12.5 Å². The molecule has 0 aliphatic carbocycles. The molecule has 0 radical (unpaired) electrons. The molecule has 1 aromatic rings. The van der Waals surface area contributed by atoms with Gasteiger partial charge in [-0.25, -0.2) is 0 Å². The summed E-state index contributed by atoms with van der Waals surface area (Å²) >= 11 is 3.19. The van der Waals surface area contributed by atoms with E-state index in [1.807, 2.05) is 6.07 Å². The fourth-order valence-electron chi connectivity index (χ4n) is 1.14. The summed E-state index contributed by atoms with van der Waals surface area (Å²) < 4.78 is 0.593. The fourth-order valence-corrected chi connectivity index (χ4v) is 1.65. The second-order valence-electron chi connectivity index (χ2n) is 2.96. The van der Waals surface area contributed by atoms with Crippen LogP contribution in [0, 0.1) is 11.3 Å². The van der Waals surface area contributed by atoms with Crippen LogP contribution in [-0.2, 0) is 4.79 Å². The topological polar surface area (TPSA) is 81.3 Å². The lowest BCUT2D eigenvalue weighted by atomic mass is 10.0. The molecule has 0 amide bonds. The molecule has 0 aromatic heterocycles. The Kier molecular flexibility index (Phi) is 3.83. The Morgan fingerprint density at radius 1 is 1.60 bits per heavy atom. The molecule has 4 nitrogen and oxygen atoms in total. The minimum atomic E-state index is -1.11. The monoisotopic (exact) mass is 269 g/mol. The Balaban J connectivity index is 3.02. The summed E-state index contributed by atoms with van der Waals surface area (Å²) in [5.74, 6) is -1.09. The van der Waals surface area contributed by atoms with Crippen LogP contribution in [-0.4, -0.2) is 16.2 Å². The van der Waals surface area contributed by atoms with Crippen molar-refractivity contribution in [2.24, 2.45) is 0 Å². The molecule has 1 aromatic carbocycles. The third-order valence-electron chi connectivity index (χ3n) is 1.85. The van der Waals surface area contributed by atoms with E-state index in [1.54, 1.807) is 12.1 Å². The Morgan fingerprint density at radius 3 is 2.80 bits per heavy atom. The zero-order chi connectivity index (χ0) is 11.4.